The van der Waals surface area contributed by atoms with Crippen LogP contribution in [0.4, 0.5) is 15.0 Å². The minimum Gasteiger partial charge on any atom is -0.444 e. The molecule has 9 nitrogen and oxygen atoms in total. The molecule has 232 valence electrons. The summed E-state index contributed by atoms with van der Waals surface area (Å²) in [5, 5.41) is 0.754. The zero-order valence-corrected chi connectivity index (χ0v) is 27.2. The summed E-state index contributed by atoms with van der Waals surface area (Å²) in [6, 6.07) is 8.38. The summed E-state index contributed by atoms with van der Waals surface area (Å²) in [5.74, 6) is -0.0406. The number of rotatable bonds is 4. The van der Waals surface area contributed by atoms with Crippen molar-refractivity contribution in [2.75, 3.05) is 24.5 Å². The Balaban J connectivity index is 1.73. The van der Waals surface area contributed by atoms with Crippen LogP contribution in [0.25, 0.3) is 28.0 Å². The van der Waals surface area contributed by atoms with E-state index in [9.17, 15) is 9.59 Å². The van der Waals surface area contributed by atoms with Gasteiger partial charge in [0.15, 0.2) is 5.65 Å². The number of halogens is 2. The maximum absolute atomic E-state index is 15.4. The van der Waals surface area contributed by atoms with Crippen LogP contribution in [0.5, 0.6) is 0 Å². The van der Waals surface area contributed by atoms with Gasteiger partial charge in [-0.2, -0.15) is 4.98 Å². The van der Waals surface area contributed by atoms with Gasteiger partial charge in [0, 0.05) is 37.4 Å². The highest BCUT2D eigenvalue weighted by atomic mass is 35.5. The van der Waals surface area contributed by atoms with E-state index in [1.54, 1.807) is 42.3 Å². The van der Waals surface area contributed by atoms with Crippen molar-refractivity contribution in [3.63, 3.8) is 0 Å². The zero-order chi connectivity index (χ0) is 32.1. The standard InChI is InChI=1S/C33H38ClFN6O3/c1-18(2)26-28(20(4)12-13-36-26)41-30-23(16-24(34)27(37-30)22-11-9-10-19(3)25(22)35)29(38-31(41)42)40-15-14-39(17-21(40)5)32(43)44-33(6,7)8/h9-13,16,18,21H,14-15,17H2,1-8H3. The monoisotopic (exact) mass is 620 g/mol. The van der Waals surface area contributed by atoms with E-state index in [-0.39, 0.29) is 34.3 Å². The van der Waals surface area contributed by atoms with Crippen LogP contribution < -0.4 is 10.6 Å². The number of hydrogen-bond acceptors (Lipinski definition) is 7. The Morgan fingerprint density at radius 3 is 2.50 bits per heavy atom. The fourth-order valence-electron chi connectivity index (χ4n) is 5.59. The summed E-state index contributed by atoms with van der Waals surface area (Å²) in [7, 11) is 0. The highest BCUT2D eigenvalue weighted by Crippen LogP contribution is 2.36. The molecule has 1 fully saturated rings. The van der Waals surface area contributed by atoms with E-state index in [1.807, 2.05) is 59.4 Å². The first-order chi connectivity index (χ1) is 20.7. The number of ether oxygens (including phenoxy) is 1. The Bertz CT molecular complexity index is 1820. The van der Waals surface area contributed by atoms with E-state index in [0.29, 0.717) is 53.4 Å². The molecule has 3 aromatic heterocycles. The number of anilines is 1. The van der Waals surface area contributed by atoms with E-state index < -0.39 is 17.1 Å². The van der Waals surface area contributed by atoms with Crippen molar-refractivity contribution < 1.29 is 13.9 Å². The molecular weight excluding hydrogens is 583 g/mol. The molecule has 0 aliphatic carbocycles. The lowest BCUT2D eigenvalue weighted by molar-refractivity contribution is 0.0218. The fourth-order valence-corrected chi connectivity index (χ4v) is 5.85. The van der Waals surface area contributed by atoms with Gasteiger partial charge in [0.25, 0.3) is 0 Å². The second-order valence-corrected chi connectivity index (χ2v) is 13.1. The Kier molecular flexibility index (Phi) is 8.41. The summed E-state index contributed by atoms with van der Waals surface area (Å²) in [6.45, 7) is 16.2. The molecule has 4 heterocycles. The molecule has 1 saturated heterocycles. The van der Waals surface area contributed by atoms with Crippen LogP contribution in [0.3, 0.4) is 0 Å². The third-order valence-corrected chi connectivity index (χ3v) is 8.01. The fraction of sp³-hybridized carbons (Fsp3) is 0.424. The SMILES string of the molecule is Cc1cccc(-c2nc3c(cc2Cl)c(N2CCN(C(=O)OC(C)(C)C)CC2C)nc(=O)n3-c2c(C)ccnc2C(C)C)c1F. The van der Waals surface area contributed by atoms with Gasteiger partial charge in [-0.05, 0) is 76.8 Å². The molecule has 5 rings (SSSR count). The van der Waals surface area contributed by atoms with Crippen LogP contribution in [-0.4, -0.2) is 61.8 Å². The van der Waals surface area contributed by atoms with Crippen LogP contribution >= 0.6 is 11.6 Å². The quantitative estimate of drug-likeness (QED) is 0.247. The molecule has 44 heavy (non-hydrogen) atoms. The summed E-state index contributed by atoms with van der Waals surface area (Å²) < 4.78 is 22.4. The predicted octanol–water partition coefficient (Wildman–Crippen LogP) is 6.82. The van der Waals surface area contributed by atoms with Crippen molar-refractivity contribution in [3.8, 4) is 16.9 Å². The number of nitrogens with zero attached hydrogens (tertiary/aromatic N) is 6. The van der Waals surface area contributed by atoms with E-state index in [4.69, 9.17) is 21.3 Å². The van der Waals surface area contributed by atoms with E-state index in [1.165, 1.54) is 4.57 Å². The van der Waals surface area contributed by atoms with Gasteiger partial charge >= 0.3 is 11.8 Å². The second kappa shape index (κ2) is 11.8. The first kappa shape index (κ1) is 31.4. The molecule has 0 saturated carbocycles. The maximum Gasteiger partial charge on any atom is 0.410 e. The van der Waals surface area contributed by atoms with Crippen molar-refractivity contribution in [2.24, 2.45) is 0 Å². The van der Waals surface area contributed by atoms with Crippen molar-refractivity contribution in [1.29, 1.82) is 0 Å². The molecule has 4 aromatic rings. The van der Waals surface area contributed by atoms with Crippen LogP contribution in [0, 0.1) is 19.7 Å². The Morgan fingerprint density at radius 2 is 1.84 bits per heavy atom. The highest BCUT2D eigenvalue weighted by molar-refractivity contribution is 6.33. The number of benzene rings is 1. The number of piperazine rings is 1. The average molecular weight is 621 g/mol. The number of pyridine rings is 2. The number of amides is 1. The Morgan fingerprint density at radius 1 is 1.11 bits per heavy atom. The lowest BCUT2D eigenvalue weighted by Gasteiger charge is -2.41. The molecule has 11 heteroatoms. The molecule has 1 aliphatic rings. The Hall–Kier alpha value is -4.05. The van der Waals surface area contributed by atoms with Crippen molar-refractivity contribution >= 4 is 34.5 Å². The minimum atomic E-state index is -0.615. The summed E-state index contributed by atoms with van der Waals surface area (Å²) >= 11 is 6.84. The molecule has 0 radical (unpaired) electrons. The normalized spacial score (nSPS) is 15.8. The van der Waals surface area contributed by atoms with Crippen LogP contribution in [0.15, 0.2) is 41.3 Å². The van der Waals surface area contributed by atoms with Crippen LogP contribution in [0.2, 0.25) is 5.02 Å². The zero-order valence-electron chi connectivity index (χ0n) is 26.4. The third kappa shape index (κ3) is 5.87. The first-order valence-corrected chi connectivity index (χ1v) is 15.1. The van der Waals surface area contributed by atoms with Gasteiger partial charge in [0.05, 0.1) is 27.5 Å². The number of carbonyl (C=O) groups is 1. The summed E-state index contributed by atoms with van der Waals surface area (Å²) in [4.78, 5) is 44.6. The van der Waals surface area contributed by atoms with Gasteiger partial charge in [-0.15, -0.1) is 0 Å². The van der Waals surface area contributed by atoms with E-state index in [0.717, 1.165) is 5.56 Å². The Labute approximate surface area is 261 Å². The van der Waals surface area contributed by atoms with Crippen LogP contribution in [-0.2, 0) is 4.74 Å². The van der Waals surface area contributed by atoms with E-state index in [2.05, 4.69) is 9.97 Å². The van der Waals surface area contributed by atoms with Gasteiger partial charge in [-0.25, -0.2) is 23.5 Å². The highest BCUT2D eigenvalue weighted by Gasteiger charge is 2.33. The average Bonchev–Trinajstić information content (AvgIpc) is 2.93. The molecule has 0 spiro atoms. The molecule has 0 bridgehead atoms. The van der Waals surface area contributed by atoms with Crippen molar-refractivity contribution in [1.82, 2.24) is 24.4 Å². The van der Waals surface area contributed by atoms with Gasteiger partial charge in [-0.3, -0.25) is 4.98 Å². The van der Waals surface area contributed by atoms with E-state index >= 15 is 4.39 Å². The third-order valence-electron chi connectivity index (χ3n) is 7.72. The number of hydrogen-bond donors (Lipinski definition) is 0. The van der Waals surface area contributed by atoms with Gasteiger partial charge in [0.1, 0.15) is 17.2 Å². The predicted molar refractivity (Wildman–Crippen MR) is 172 cm³/mol. The molecule has 1 aliphatic heterocycles. The van der Waals surface area contributed by atoms with Gasteiger partial charge in [-0.1, -0.05) is 37.6 Å². The number of fused-ring (bicyclic) bond motifs is 1. The van der Waals surface area contributed by atoms with Crippen molar-refractivity contribution in [2.45, 2.75) is 73.0 Å². The molecule has 1 atom stereocenters. The number of carbonyl (C=O) groups excluding carboxylic acids is 1. The smallest absolute Gasteiger partial charge is 0.410 e. The summed E-state index contributed by atoms with van der Waals surface area (Å²) in [5.41, 5.74) is 2.17. The molecule has 1 unspecified atom stereocenters. The molecule has 0 N–H and O–H groups in total. The largest absolute Gasteiger partial charge is 0.444 e. The lowest BCUT2D eigenvalue weighted by Crippen LogP contribution is -2.55. The first-order valence-electron chi connectivity index (χ1n) is 14.8. The molecular formula is C33H38ClFN6O3. The molecule has 1 amide bonds. The maximum atomic E-state index is 15.4. The molecule has 1 aromatic carbocycles. The number of aromatic nitrogens is 4. The second-order valence-electron chi connectivity index (χ2n) is 12.7. The summed E-state index contributed by atoms with van der Waals surface area (Å²) in [6.07, 6.45) is 1.33. The number of aryl methyl sites for hydroxylation is 2. The van der Waals surface area contributed by atoms with Gasteiger partial charge < -0.3 is 14.5 Å². The van der Waals surface area contributed by atoms with Crippen molar-refractivity contribution in [3.05, 3.63) is 74.7 Å². The van der Waals surface area contributed by atoms with Crippen LogP contribution in [0.1, 0.15) is 64.3 Å². The minimum absolute atomic E-state index is 0.00605. The lowest BCUT2D eigenvalue weighted by atomic mass is 10.0. The van der Waals surface area contributed by atoms with Gasteiger partial charge in [0.2, 0.25) is 0 Å². The topological polar surface area (TPSA) is 93.5 Å².